The molecule has 1 aliphatic carbocycles. The summed E-state index contributed by atoms with van der Waals surface area (Å²) in [6.07, 6.45) is 4.91. The molecule has 0 bridgehead atoms. The molecule has 1 aromatic heterocycles. The number of rotatable bonds is 4. The van der Waals surface area contributed by atoms with Gasteiger partial charge in [-0.2, -0.15) is 0 Å². The second-order valence-electron chi connectivity index (χ2n) is 6.45. The van der Waals surface area contributed by atoms with Crippen LogP contribution in [0.15, 0.2) is 22.8 Å². The molecule has 21 heavy (non-hydrogen) atoms. The predicted octanol–water partition coefficient (Wildman–Crippen LogP) is 2.61. The minimum Gasteiger partial charge on any atom is -0.466 e. The van der Waals surface area contributed by atoms with Crippen LogP contribution in [-0.2, 0) is 5.60 Å². The lowest BCUT2D eigenvalue weighted by molar-refractivity contribution is 0.0364. The van der Waals surface area contributed by atoms with Crippen molar-refractivity contribution in [1.82, 2.24) is 10.6 Å². The summed E-state index contributed by atoms with van der Waals surface area (Å²) < 4.78 is 5.19. The van der Waals surface area contributed by atoms with Crippen LogP contribution in [-0.4, -0.2) is 23.7 Å². The van der Waals surface area contributed by atoms with Crippen LogP contribution in [0.2, 0.25) is 0 Å². The molecule has 2 amide bonds. The van der Waals surface area contributed by atoms with Crippen molar-refractivity contribution in [2.24, 2.45) is 11.8 Å². The minimum absolute atomic E-state index is 0.114. The van der Waals surface area contributed by atoms with E-state index in [0.29, 0.717) is 17.6 Å². The lowest BCUT2D eigenvalue weighted by Crippen LogP contribution is -2.50. The summed E-state index contributed by atoms with van der Waals surface area (Å²) in [7, 11) is 0. The second-order valence-corrected chi connectivity index (χ2v) is 6.45. The fraction of sp³-hybridized carbons (Fsp3) is 0.688. The zero-order valence-electron chi connectivity index (χ0n) is 13.1. The molecule has 5 heteroatoms. The average molecular weight is 294 g/mol. The average Bonchev–Trinajstić information content (AvgIpc) is 2.97. The second kappa shape index (κ2) is 6.52. The molecule has 0 spiro atoms. The maximum absolute atomic E-state index is 12.0. The first-order valence-electron chi connectivity index (χ1n) is 7.71. The van der Waals surface area contributed by atoms with Gasteiger partial charge in [-0.1, -0.05) is 26.7 Å². The number of amides is 2. The molecule has 1 saturated carbocycles. The highest BCUT2D eigenvalue weighted by Crippen LogP contribution is 2.29. The molecule has 5 nitrogen and oxygen atoms in total. The third-order valence-corrected chi connectivity index (χ3v) is 4.67. The fourth-order valence-electron chi connectivity index (χ4n) is 2.93. The van der Waals surface area contributed by atoms with E-state index in [2.05, 4.69) is 24.5 Å². The highest BCUT2D eigenvalue weighted by atomic mass is 16.4. The van der Waals surface area contributed by atoms with E-state index in [-0.39, 0.29) is 18.6 Å². The van der Waals surface area contributed by atoms with Crippen molar-refractivity contribution >= 4 is 6.03 Å². The summed E-state index contributed by atoms with van der Waals surface area (Å²) >= 11 is 0. The van der Waals surface area contributed by atoms with Gasteiger partial charge in [0, 0.05) is 6.04 Å². The van der Waals surface area contributed by atoms with Crippen LogP contribution < -0.4 is 10.6 Å². The molecule has 1 heterocycles. The van der Waals surface area contributed by atoms with Crippen molar-refractivity contribution in [2.45, 2.75) is 51.7 Å². The van der Waals surface area contributed by atoms with E-state index in [1.165, 1.54) is 12.7 Å². The Morgan fingerprint density at radius 2 is 2.24 bits per heavy atom. The van der Waals surface area contributed by atoms with E-state index in [1.807, 2.05) is 0 Å². The molecule has 4 unspecified atom stereocenters. The van der Waals surface area contributed by atoms with Crippen LogP contribution in [0.3, 0.4) is 0 Å². The van der Waals surface area contributed by atoms with Crippen LogP contribution in [0.4, 0.5) is 4.79 Å². The predicted molar refractivity (Wildman–Crippen MR) is 80.8 cm³/mol. The number of carbonyl (C=O) groups excluding carboxylic acids is 1. The summed E-state index contributed by atoms with van der Waals surface area (Å²) in [6, 6.07) is 3.40. The Morgan fingerprint density at radius 3 is 2.90 bits per heavy atom. The minimum atomic E-state index is -1.20. The first-order chi connectivity index (χ1) is 9.90. The maximum Gasteiger partial charge on any atom is 0.315 e. The quantitative estimate of drug-likeness (QED) is 0.799. The number of nitrogens with one attached hydrogen (secondary N) is 2. The Kier molecular flexibility index (Phi) is 4.93. The van der Waals surface area contributed by atoms with Gasteiger partial charge in [-0.3, -0.25) is 0 Å². The Labute approximate surface area is 126 Å². The van der Waals surface area contributed by atoms with Crippen molar-refractivity contribution in [3.63, 3.8) is 0 Å². The van der Waals surface area contributed by atoms with Gasteiger partial charge in [0.05, 0.1) is 12.8 Å². The molecule has 118 valence electrons. The Morgan fingerprint density at radius 1 is 1.48 bits per heavy atom. The molecule has 0 aliphatic heterocycles. The van der Waals surface area contributed by atoms with Gasteiger partial charge in [0.2, 0.25) is 0 Å². The first kappa shape index (κ1) is 15.9. The van der Waals surface area contributed by atoms with Crippen molar-refractivity contribution in [2.75, 3.05) is 6.54 Å². The van der Waals surface area contributed by atoms with Crippen LogP contribution in [0, 0.1) is 11.8 Å². The molecule has 0 saturated heterocycles. The summed E-state index contributed by atoms with van der Waals surface area (Å²) in [6.45, 7) is 6.16. The monoisotopic (exact) mass is 294 g/mol. The highest BCUT2D eigenvalue weighted by molar-refractivity contribution is 5.74. The SMILES string of the molecule is CC1CCCC(NC(=O)NCC(C)(O)c2ccco2)C1C. The van der Waals surface area contributed by atoms with Gasteiger partial charge in [0.15, 0.2) is 0 Å². The normalized spacial score (nSPS) is 28.7. The van der Waals surface area contributed by atoms with Gasteiger partial charge in [-0.05, 0) is 37.3 Å². The summed E-state index contributed by atoms with van der Waals surface area (Å²) in [4.78, 5) is 12.0. The number of hydrogen-bond donors (Lipinski definition) is 3. The largest absolute Gasteiger partial charge is 0.466 e. The van der Waals surface area contributed by atoms with E-state index in [0.717, 1.165) is 12.8 Å². The van der Waals surface area contributed by atoms with Crippen LogP contribution in [0.1, 0.15) is 45.8 Å². The van der Waals surface area contributed by atoms with Gasteiger partial charge in [0.25, 0.3) is 0 Å². The molecule has 1 fully saturated rings. The number of carbonyl (C=O) groups is 1. The molecule has 1 aromatic rings. The zero-order valence-corrected chi connectivity index (χ0v) is 13.1. The third kappa shape index (κ3) is 4.00. The number of furan rings is 1. The third-order valence-electron chi connectivity index (χ3n) is 4.67. The molecule has 1 aliphatic rings. The Hall–Kier alpha value is -1.49. The molecule has 4 atom stereocenters. The molecular weight excluding hydrogens is 268 g/mol. The van der Waals surface area contributed by atoms with Crippen LogP contribution in [0.5, 0.6) is 0 Å². The fourth-order valence-corrected chi connectivity index (χ4v) is 2.93. The van der Waals surface area contributed by atoms with E-state index in [4.69, 9.17) is 4.42 Å². The van der Waals surface area contributed by atoms with Crippen molar-refractivity contribution in [1.29, 1.82) is 0 Å². The summed E-state index contributed by atoms with van der Waals surface area (Å²) in [5.41, 5.74) is -1.20. The lowest BCUT2D eigenvalue weighted by Gasteiger charge is -2.34. The Bertz CT molecular complexity index is 456. The molecular formula is C16H26N2O3. The first-order valence-corrected chi connectivity index (χ1v) is 7.71. The molecule has 3 N–H and O–H groups in total. The smallest absolute Gasteiger partial charge is 0.315 e. The van der Waals surface area contributed by atoms with Crippen LogP contribution in [0.25, 0.3) is 0 Å². The van der Waals surface area contributed by atoms with E-state index < -0.39 is 5.60 Å². The van der Waals surface area contributed by atoms with Gasteiger partial charge >= 0.3 is 6.03 Å². The van der Waals surface area contributed by atoms with Crippen molar-refractivity contribution in [3.05, 3.63) is 24.2 Å². The van der Waals surface area contributed by atoms with Gasteiger partial charge in [-0.15, -0.1) is 0 Å². The summed E-state index contributed by atoms with van der Waals surface area (Å²) in [5.74, 6) is 1.56. The molecule has 0 aromatic carbocycles. The molecule has 0 radical (unpaired) electrons. The van der Waals surface area contributed by atoms with E-state index >= 15 is 0 Å². The van der Waals surface area contributed by atoms with Crippen LogP contribution >= 0.6 is 0 Å². The Balaban J connectivity index is 1.82. The van der Waals surface area contributed by atoms with E-state index in [9.17, 15) is 9.90 Å². The van der Waals surface area contributed by atoms with Crippen molar-refractivity contribution < 1.29 is 14.3 Å². The van der Waals surface area contributed by atoms with Crippen molar-refractivity contribution in [3.8, 4) is 0 Å². The van der Waals surface area contributed by atoms with Gasteiger partial charge < -0.3 is 20.2 Å². The molecule has 2 rings (SSSR count). The number of hydrogen-bond acceptors (Lipinski definition) is 3. The van der Waals surface area contributed by atoms with Gasteiger partial charge in [-0.25, -0.2) is 4.79 Å². The number of urea groups is 1. The maximum atomic E-state index is 12.0. The number of aliphatic hydroxyl groups is 1. The van der Waals surface area contributed by atoms with Gasteiger partial charge in [0.1, 0.15) is 11.4 Å². The zero-order chi connectivity index (χ0) is 15.5. The standard InChI is InChI=1S/C16H26N2O3/c1-11-6-4-7-13(12(11)2)18-15(19)17-10-16(3,20)14-8-5-9-21-14/h5,8-9,11-13,20H,4,6-7,10H2,1-3H3,(H2,17,18,19). The summed E-state index contributed by atoms with van der Waals surface area (Å²) in [5, 5.41) is 16.0. The lowest BCUT2D eigenvalue weighted by atomic mass is 9.78. The van der Waals surface area contributed by atoms with E-state index in [1.54, 1.807) is 19.1 Å². The highest BCUT2D eigenvalue weighted by Gasteiger charge is 2.30. The topological polar surface area (TPSA) is 74.5 Å².